The van der Waals surface area contributed by atoms with Gasteiger partial charge >= 0.3 is 12.0 Å². The molecule has 21 heavy (non-hydrogen) atoms. The lowest BCUT2D eigenvalue weighted by Crippen LogP contribution is -2.38. The molecule has 0 saturated heterocycles. The Hall–Kier alpha value is -2.89. The first-order valence-electron chi connectivity index (χ1n) is 6.34. The van der Waals surface area contributed by atoms with E-state index < -0.39 is 12.0 Å². The van der Waals surface area contributed by atoms with Gasteiger partial charge in [-0.1, -0.05) is 12.1 Å². The van der Waals surface area contributed by atoms with Crippen LogP contribution in [0.15, 0.2) is 49.2 Å². The molecule has 0 aliphatic heterocycles. The van der Waals surface area contributed by atoms with Crippen molar-refractivity contribution in [2.45, 2.75) is 0 Å². The summed E-state index contributed by atoms with van der Waals surface area (Å²) in [5, 5.41) is 12.3. The SMILES string of the molecule is C=CCN(CC(=O)O)C(=O)Nc1cccc2ncccc12. The number of hydrogen-bond donors (Lipinski definition) is 2. The summed E-state index contributed by atoms with van der Waals surface area (Å²) in [6, 6.07) is 8.48. The molecule has 0 unspecified atom stereocenters. The second kappa shape index (κ2) is 6.51. The molecule has 0 atom stereocenters. The lowest BCUT2D eigenvalue weighted by Gasteiger charge is -2.20. The molecule has 0 saturated carbocycles. The number of rotatable bonds is 5. The second-order valence-electron chi connectivity index (χ2n) is 4.37. The third-order valence-electron chi connectivity index (χ3n) is 2.85. The fraction of sp³-hybridized carbons (Fsp3) is 0.133. The van der Waals surface area contributed by atoms with Crippen LogP contribution in [-0.4, -0.2) is 40.1 Å². The van der Waals surface area contributed by atoms with E-state index in [1.807, 2.05) is 12.1 Å². The van der Waals surface area contributed by atoms with Gasteiger partial charge in [0.2, 0.25) is 0 Å². The molecule has 2 rings (SSSR count). The van der Waals surface area contributed by atoms with Crippen LogP contribution in [0.3, 0.4) is 0 Å². The zero-order valence-electron chi connectivity index (χ0n) is 11.3. The minimum Gasteiger partial charge on any atom is -0.480 e. The number of amides is 2. The van der Waals surface area contributed by atoms with Gasteiger partial charge in [0.15, 0.2) is 0 Å². The molecule has 6 nitrogen and oxygen atoms in total. The van der Waals surface area contributed by atoms with E-state index in [-0.39, 0.29) is 13.1 Å². The number of nitrogens with one attached hydrogen (secondary N) is 1. The Morgan fingerprint density at radius 2 is 2.14 bits per heavy atom. The summed E-state index contributed by atoms with van der Waals surface area (Å²) < 4.78 is 0. The summed E-state index contributed by atoms with van der Waals surface area (Å²) in [6.07, 6.45) is 3.15. The monoisotopic (exact) mass is 285 g/mol. The highest BCUT2D eigenvalue weighted by Crippen LogP contribution is 2.21. The van der Waals surface area contributed by atoms with E-state index in [1.165, 1.54) is 6.08 Å². The first kappa shape index (κ1) is 14.5. The summed E-state index contributed by atoms with van der Waals surface area (Å²) in [4.78, 5) is 28.3. The maximum Gasteiger partial charge on any atom is 0.323 e. The van der Waals surface area contributed by atoms with Crippen molar-refractivity contribution in [1.29, 1.82) is 0 Å². The van der Waals surface area contributed by atoms with Crippen LogP contribution in [0.1, 0.15) is 0 Å². The van der Waals surface area contributed by atoms with Crippen LogP contribution in [0.25, 0.3) is 10.9 Å². The third-order valence-corrected chi connectivity index (χ3v) is 2.85. The molecule has 0 aliphatic rings. The van der Waals surface area contributed by atoms with Gasteiger partial charge in [0.25, 0.3) is 0 Å². The molecule has 2 aromatic rings. The zero-order valence-corrected chi connectivity index (χ0v) is 11.3. The average molecular weight is 285 g/mol. The molecule has 6 heteroatoms. The lowest BCUT2D eigenvalue weighted by molar-refractivity contribution is -0.137. The van der Waals surface area contributed by atoms with Crippen LogP contribution in [0, 0.1) is 0 Å². The normalized spacial score (nSPS) is 10.1. The number of anilines is 1. The summed E-state index contributed by atoms with van der Waals surface area (Å²) in [7, 11) is 0. The van der Waals surface area contributed by atoms with Crippen LogP contribution in [0.2, 0.25) is 0 Å². The fourth-order valence-electron chi connectivity index (χ4n) is 1.94. The largest absolute Gasteiger partial charge is 0.480 e. The topological polar surface area (TPSA) is 82.5 Å². The van der Waals surface area contributed by atoms with Crippen LogP contribution < -0.4 is 5.32 Å². The Bertz CT molecular complexity index is 679. The van der Waals surface area contributed by atoms with E-state index in [0.29, 0.717) is 5.69 Å². The molecule has 0 bridgehead atoms. The number of carbonyl (C=O) groups is 2. The molecule has 2 N–H and O–H groups in total. The van der Waals surface area contributed by atoms with Crippen molar-refractivity contribution >= 4 is 28.6 Å². The minimum atomic E-state index is -1.08. The average Bonchev–Trinajstić information content (AvgIpc) is 2.47. The quantitative estimate of drug-likeness (QED) is 0.826. The molecule has 0 fully saturated rings. The van der Waals surface area contributed by atoms with Gasteiger partial charge in [-0.25, -0.2) is 4.79 Å². The first-order chi connectivity index (χ1) is 10.1. The van der Waals surface area contributed by atoms with Gasteiger partial charge in [0.1, 0.15) is 6.54 Å². The van der Waals surface area contributed by atoms with E-state index in [0.717, 1.165) is 15.8 Å². The number of fused-ring (bicyclic) bond motifs is 1. The van der Waals surface area contributed by atoms with Crippen LogP contribution in [0.5, 0.6) is 0 Å². The summed E-state index contributed by atoms with van der Waals surface area (Å²) >= 11 is 0. The maximum absolute atomic E-state index is 12.2. The van der Waals surface area contributed by atoms with Crippen molar-refractivity contribution in [2.75, 3.05) is 18.4 Å². The molecule has 0 spiro atoms. The predicted molar refractivity (Wildman–Crippen MR) is 80.2 cm³/mol. The summed E-state index contributed by atoms with van der Waals surface area (Å²) in [5.74, 6) is -1.08. The Morgan fingerprint density at radius 3 is 2.86 bits per heavy atom. The molecule has 108 valence electrons. The maximum atomic E-state index is 12.2. The van der Waals surface area contributed by atoms with Crippen LogP contribution in [-0.2, 0) is 4.79 Å². The number of carbonyl (C=O) groups excluding carboxylic acids is 1. The van der Waals surface area contributed by atoms with Crippen LogP contribution in [0.4, 0.5) is 10.5 Å². The Kier molecular flexibility index (Phi) is 4.50. The predicted octanol–water partition coefficient (Wildman–Crippen LogP) is 2.34. The van der Waals surface area contributed by atoms with Crippen molar-refractivity contribution in [3.05, 3.63) is 49.2 Å². The van der Waals surface area contributed by atoms with E-state index >= 15 is 0 Å². The lowest BCUT2D eigenvalue weighted by atomic mass is 10.2. The van der Waals surface area contributed by atoms with Crippen molar-refractivity contribution in [1.82, 2.24) is 9.88 Å². The zero-order chi connectivity index (χ0) is 15.2. The minimum absolute atomic E-state index is 0.154. The molecule has 1 aromatic heterocycles. The Balaban J connectivity index is 2.23. The number of nitrogens with zero attached hydrogens (tertiary/aromatic N) is 2. The number of aromatic nitrogens is 1. The molecule has 1 aromatic carbocycles. The molecule has 2 amide bonds. The number of pyridine rings is 1. The number of benzene rings is 1. The molecule has 1 heterocycles. The van der Waals surface area contributed by atoms with Gasteiger partial charge in [0.05, 0.1) is 11.2 Å². The van der Waals surface area contributed by atoms with Gasteiger partial charge in [0, 0.05) is 18.1 Å². The summed E-state index contributed by atoms with van der Waals surface area (Å²) in [6.45, 7) is 3.29. The third kappa shape index (κ3) is 3.56. The Labute approximate surface area is 121 Å². The number of aliphatic carboxylic acids is 1. The van der Waals surface area contributed by atoms with Gasteiger partial charge in [-0.05, 0) is 24.3 Å². The fourth-order valence-corrected chi connectivity index (χ4v) is 1.94. The molecule has 0 radical (unpaired) electrons. The summed E-state index contributed by atoms with van der Waals surface area (Å²) in [5.41, 5.74) is 1.34. The van der Waals surface area contributed by atoms with Gasteiger partial charge in [-0.3, -0.25) is 9.78 Å². The molecule has 0 aliphatic carbocycles. The highest BCUT2D eigenvalue weighted by molar-refractivity contribution is 6.00. The van der Waals surface area contributed by atoms with E-state index in [9.17, 15) is 9.59 Å². The van der Waals surface area contributed by atoms with Gasteiger partial charge in [-0.2, -0.15) is 0 Å². The second-order valence-corrected chi connectivity index (χ2v) is 4.37. The van der Waals surface area contributed by atoms with E-state index in [1.54, 1.807) is 24.4 Å². The van der Waals surface area contributed by atoms with Crippen molar-refractivity contribution in [3.8, 4) is 0 Å². The molecular weight excluding hydrogens is 270 g/mol. The number of urea groups is 1. The van der Waals surface area contributed by atoms with Gasteiger partial charge < -0.3 is 15.3 Å². The van der Waals surface area contributed by atoms with E-state index in [4.69, 9.17) is 5.11 Å². The van der Waals surface area contributed by atoms with E-state index in [2.05, 4.69) is 16.9 Å². The van der Waals surface area contributed by atoms with Gasteiger partial charge in [-0.15, -0.1) is 6.58 Å². The van der Waals surface area contributed by atoms with Crippen molar-refractivity contribution < 1.29 is 14.7 Å². The number of carboxylic acid groups (broad SMARTS) is 1. The smallest absolute Gasteiger partial charge is 0.323 e. The first-order valence-corrected chi connectivity index (χ1v) is 6.34. The van der Waals surface area contributed by atoms with Crippen LogP contribution >= 0.6 is 0 Å². The highest BCUT2D eigenvalue weighted by atomic mass is 16.4. The highest BCUT2D eigenvalue weighted by Gasteiger charge is 2.16. The molecular formula is C15H15N3O3. The van der Waals surface area contributed by atoms with Crippen molar-refractivity contribution in [3.63, 3.8) is 0 Å². The number of hydrogen-bond acceptors (Lipinski definition) is 3. The number of carboxylic acids is 1. The van der Waals surface area contributed by atoms with Crippen molar-refractivity contribution in [2.24, 2.45) is 0 Å². The standard InChI is InChI=1S/C15H15N3O3/c1-2-9-18(10-14(19)20)15(21)17-13-7-3-6-12-11(13)5-4-8-16-12/h2-8H,1,9-10H2,(H,17,21)(H,19,20). The Morgan fingerprint density at radius 1 is 1.33 bits per heavy atom.